The molecule has 0 saturated carbocycles. The molecule has 1 aliphatic heterocycles. The van der Waals surface area contributed by atoms with Crippen LogP contribution in [0.4, 0.5) is 4.79 Å². The van der Waals surface area contributed by atoms with Crippen LogP contribution in [-0.2, 0) is 18.9 Å². The molecule has 7 nitrogen and oxygen atoms in total. The number of amides is 1. The molecule has 7 heteroatoms. The Kier molecular flexibility index (Phi) is 4.31. The third-order valence-corrected chi connectivity index (χ3v) is 2.76. The van der Waals surface area contributed by atoms with E-state index in [1.54, 1.807) is 13.8 Å². The topological polar surface area (TPSA) is 100 Å². The lowest BCUT2D eigenvalue weighted by Crippen LogP contribution is -2.64. The number of ether oxygens (including phenoxy) is 4. The SMILES string of the molecule is COC1OC(C)(C)[C@H](OC)[C@@H](O)[C@@H]1OC(N)=O. The van der Waals surface area contributed by atoms with E-state index >= 15 is 0 Å². The van der Waals surface area contributed by atoms with Gasteiger partial charge < -0.3 is 29.8 Å². The van der Waals surface area contributed by atoms with Crippen LogP contribution in [0.5, 0.6) is 0 Å². The number of primary amides is 1. The fourth-order valence-corrected chi connectivity index (χ4v) is 2.04. The van der Waals surface area contributed by atoms with Gasteiger partial charge in [0, 0.05) is 14.2 Å². The van der Waals surface area contributed by atoms with Crippen molar-refractivity contribution < 1.29 is 28.8 Å². The molecule has 1 heterocycles. The third-order valence-electron chi connectivity index (χ3n) is 2.76. The highest BCUT2D eigenvalue weighted by atomic mass is 16.7. The van der Waals surface area contributed by atoms with Gasteiger partial charge >= 0.3 is 6.09 Å². The van der Waals surface area contributed by atoms with E-state index in [1.165, 1.54) is 14.2 Å². The number of aliphatic hydroxyl groups excluding tert-OH is 1. The van der Waals surface area contributed by atoms with E-state index in [9.17, 15) is 9.90 Å². The molecule has 4 atom stereocenters. The first-order chi connectivity index (χ1) is 7.83. The van der Waals surface area contributed by atoms with Gasteiger partial charge in [-0.15, -0.1) is 0 Å². The zero-order valence-corrected chi connectivity index (χ0v) is 10.4. The number of methoxy groups -OCH3 is 2. The molecule has 0 spiro atoms. The molecule has 1 rings (SSSR count). The number of hydrogen-bond acceptors (Lipinski definition) is 6. The predicted molar refractivity (Wildman–Crippen MR) is 57.2 cm³/mol. The van der Waals surface area contributed by atoms with Gasteiger partial charge in [0.05, 0.1) is 5.60 Å². The third kappa shape index (κ3) is 2.86. The summed E-state index contributed by atoms with van der Waals surface area (Å²) in [7, 11) is 2.82. The number of carbonyl (C=O) groups is 1. The molecule has 1 amide bonds. The summed E-state index contributed by atoms with van der Waals surface area (Å²) in [6, 6.07) is 0. The summed E-state index contributed by atoms with van der Waals surface area (Å²) in [5.41, 5.74) is 4.16. The van der Waals surface area contributed by atoms with Crippen molar-refractivity contribution in [3.05, 3.63) is 0 Å². The van der Waals surface area contributed by atoms with Crippen LogP contribution < -0.4 is 5.73 Å². The second kappa shape index (κ2) is 5.18. The molecule has 0 aliphatic carbocycles. The van der Waals surface area contributed by atoms with E-state index in [2.05, 4.69) is 0 Å². The average Bonchev–Trinajstić information content (AvgIpc) is 2.21. The summed E-state index contributed by atoms with van der Waals surface area (Å²) in [4.78, 5) is 10.8. The predicted octanol–water partition coefficient (Wildman–Crippen LogP) is -0.392. The zero-order chi connectivity index (χ0) is 13.2. The zero-order valence-electron chi connectivity index (χ0n) is 10.4. The van der Waals surface area contributed by atoms with Crippen LogP contribution in [-0.4, -0.2) is 55.6 Å². The lowest BCUT2D eigenvalue weighted by atomic mass is 9.89. The molecule has 1 aliphatic rings. The van der Waals surface area contributed by atoms with Crippen LogP contribution in [0.3, 0.4) is 0 Å². The largest absolute Gasteiger partial charge is 0.438 e. The van der Waals surface area contributed by atoms with Crippen molar-refractivity contribution in [2.24, 2.45) is 5.73 Å². The maximum Gasteiger partial charge on any atom is 0.405 e. The first-order valence-corrected chi connectivity index (χ1v) is 5.21. The van der Waals surface area contributed by atoms with Crippen LogP contribution in [0, 0.1) is 0 Å². The van der Waals surface area contributed by atoms with E-state index in [1.807, 2.05) is 0 Å². The Bertz CT molecular complexity index is 282. The molecular weight excluding hydrogens is 230 g/mol. The fourth-order valence-electron chi connectivity index (χ4n) is 2.04. The Hall–Kier alpha value is -0.890. The van der Waals surface area contributed by atoms with Crippen LogP contribution >= 0.6 is 0 Å². The number of aliphatic hydroxyl groups is 1. The van der Waals surface area contributed by atoms with E-state index in [0.29, 0.717) is 0 Å². The summed E-state index contributed by atoms with van der Waals surface area (Å²) >= 11 is 0. The lowest BCUT2D eigenvalue weighted by Gasteiger charge is -2.47. The molecule has 0 aromatic carbocycles. The normalized spacial score (nSPS) is 36.5. The van der Waals surface area contributed by atoms with E-state index in [-0.39, 0.29) is 0 Å². The van der Waals surface area contributed by atoms with E-state index in [0.717, 1.165) is 0 Å². The van der Waals surface area contributed by atoms with Gasteiger partial charge in [0.2, 0.25) is 0 Å². The van der Waals surface area contributed by atoms with Crippen LogP contribution in [0.1, 0.15) is 13.8 Å². The first-order valence-electron chi connectivity index (χ1n) is 5.21. The summed E-state index contributed by atoms with van der Waals surface area (Å²) in [6.07, 6.45) is -4.65. The molecule has 3 N–H and O–H groups in total. The number of nitrogens with two attached hydrogens (primary N) is 1. The molecule has 1 saturated heterocycles. The molecule has 100 valence electrons. The number of rotatable bonds is 3. The van der Waals surface area contributed by atoms with Crippen molar-refractivity contribution in [2.75, 3.05) is 14.2 Å². The summed E-state index contributed by atoms with van der Waals surface area (Å²) in [5.74, 6) is 0. The van der Waals surface area contributed by atoms with Crippen LogP contribution in [0.2, 0.25) is 0 Å². The minimum atomic E-state index is -1.08. The fraction of sp³-hybridized carbons (Fsp3) is 0.900. The highest BCUT2D eigenvalue weighted by Gasteiger charge is 2.51. The highest BCUT2D eigenvalue weighted by Crippen LogP contribution is 2.32. The molecule has 1 unspecified atom stereocenters. The van der Waals surface area contributed by atoms with Crippen molar-refractivity contribution in [3.63, 3.8) is 0 Å². The maximum atomic E-state index is 10.8. The van der Waals surface area contributed by atoms with Gasteiger partial charge in [0.15, 0.2) is 12.4 Å². The molecule has 17 heavy (non-hydrogen) atoms. The number of hydrogen-bond donors (Lipinski definition) is 2. The summed E-state index contributed by atoms with van der Waals surface area (Å²) in [5, 5.41) is 10.1. The van der Waals surface area contributed by atoms with Crippen molar-refractivity contribution in [3.8, 4) is 0 Å². The van der Waals surface area contributed by atoms with Crippen molar-refractivity contribution in [2.45, 2.75) is 44.1 Å². The van der Waals surface area contributed by atoms with Crippen molar-refractivity contribution >= 4 is 6.09 Å². The minimum absolute atomic E-state index is 0.654. The van der Waals surface area contributed by atoms with Crippen LogP contribution in [0.25, 0.3) is 0 Å². The van der Waals surface area contributed by atoms with Gasteiger partial charge in [-0.05, 0) is 13.8 Å². The van der Waals surface area contributed by atoms with Gasteiger partial charge in [0.25, 0.3) is 0 Å². The van der Waals surface area contributed by atoms with E-state index in [4.69, 9.17) is 24.7 Å². The Morgan fingerprint density at radius 2 is 1.94 bits per heavy atom. The Labute approximate surface area is 99.8 Å². The monoisotopic (exact) mass is 249 g/mol. The standard InChI is InChI=1S/C10H19NO6/c1-10(2)7(14-3)5(12)6(16-9(11)13)8(15-4)17-10/h5-8,12H,1-4H3,(H2,11,13)/t5-,6-,7+,8?/m0/s1. The highest BCUT2D eigenvalue weighted by molar-refractivity contribution is 5.64. The minimum Gasteiger partial charge on any atom is -0.438 e. The maximum absolute atomic E-state index is 10.8. The molecule has 0 bridgehead atoms. The number of carbonyl (C=O) groups excluding carboxylic acids is 1. The lowest BCUT2D eigenvalue weighted by molar-refractivity contribution is -0.319. The Morgan fingerprint density at radius 1 is 1.35 bits per heavy atom. The Morgan fingerprint density at radius 3 is 2.35 bits per heavy atom. The van der Waals surface area contributed by atoms with Crippen LogP contribution in [0.15, 0.2) is 0 Å². The molecule has 1 fully saturated rings. The second-order valence-corrected chi connectivity index (χ2v) is 4.37. The molecule has 0 aromatic rings. The van der Waals surface area contributed by atoms with Gasteiger partial charge in [-0.25, -0.2) is 4.79 Å². The van der Waals surface area contributed by atoms with Gasteiger partial charge in [0.1, 0.15) is 12.2 Å². The molecule has 0 radical (unpaired) electrons. The van der Waals surface area contributed by atoms with Gasteiger partial charge in [-0.2, -0.15) is 0 Å². The van der Waals surface area contributed by atoms with Crippen molar-refractivity contribution in [1.82, 2.24) is 0 Å². The van der Waals surface area contributed by atoms with Crippen molar-refractivity contribution in [1.29, 1.82) is 0 Å². The second-order valence-electron chi connectivity index (χ2n) is 4.37. The smallest absolute Gasteiger partial charge is 0.405 e. The average molecular weight is 249 g/mol. The Balaban J connectivity index is 2.92. The van der Waals surface area contributed by atoms with Gasteiger partial charge in [-0.3, -0.25) is 0 Å². The first kappa shape index (κ1) is 14.2. The van der Waals surface area contributed by atoms with E-state index < -0.39 is 36.3 Å². The quantitative estimate of drug-likeness (QED) is 0.706. The molecule has 0 aromatic heterocycles. The summed E-state index contributed by atoms with van der Waals surface area (Å²) < 4.78 is 20.6. The molecular formula is C10H19NO6. The van der Waals surface area contributed by atoms with Gasteiger partial charge in [-0.1, -0.05) is 0 Å². The summed E-state index contributed by atoms with van der Waals surface area (Å²) in [6.45, 7) is 3.49.